The molecule has 0 aromatic carbocycles. The zero-order valence-electron chi connectivity index (χ0n) is 11.8. The molecule has 0 aliphatic carbocycles. The second-order valence-electron chi connectivity index (χ2n) is 4.65. The van der Waals surface area contributed by atoms with Crippen molar-refractivity contribution in [1.82, 2.24) is 14.2 Å². The summed E-state index contributed by atoms with van der Waals surface area (Å²) in [4.78, 5) is 5.87. The molecule has 0 spiro atoms. The standard InChI is InChI=1S/C12H19BrClN3O2S/c1-4-5-17(7-6-16(2)3)20(18,19)11-8-10(13)9-15-12(11)14/h8-9H,4-7H2,1-3H3. The summed E-state index contributed by atoms with van der Waals surface area (Å²) in [6.45, 7) is 3.47. The number of sulfonamides is 1. The average Bonchev–Trinajstić information content (AvgIpc) is 2.36. The van der Waals surface area contributed by atoms with Crippen molar-refractivity contribution in [3.8, 4) is 0 Å². The Bertz CT molecular complexity index is 552. The summed E-state index contributed by atoms with van der Waals surface area (Å²) in [5.74, 6) is 0. The van der Waals surface area contributed by atoms with Gasteiger partial charge in [0, 0.05) is 30.3 Å². The van der Waals surface area contributed by atoms with Gasteiger partial charge >= 0.3 is 0 Å². The van der Waals surface area contributed by atoms with Crippen molar-refractivity contribution < 1.29 is 8.42 Å². The van der Waals surface area contributed by atoms with Crippen LogP contribution in [0.15, 0.2) is 21.6 Å². The normalized spacial score (nSPS) is 12.3. The van der Waals surface area contributed by atoms with Gasteiger partial charge in [-0.05, 0) is 42.5 Å². The van der Waals surface area contributed by atoms with Crippen LogP contribution in [0, 0.1) is 0 Å². The van der Waals surface area contributed by atoms with Crippen LogP contribution >= 0.6 is 27.5 Å². The van der Waals surface area contributed by atoms with Crippen molar-refractivity contribution in [2.24, 2.45) is 0 Å². The fourth-order valence-corrected chi connectivity index (χ4v) is 4.08. The van der Waals surface area contributed by atoms with E-state index in [1.54, 1.807) is 0 Å². The Hall–Kier alpha value is -0.210. The van der Waals surface area contributed by atoms with Crippen LogP contribution in [-0.4, -0.2) is 56.3 Å². The molecule has 114 valence electrons. The van der Waals surface area contributed by atoms with Crippen molar-refractivity contribution in [3.05, 3.63) is 21.9 Å². The average molecular weight is 385 g/mol. The Kier molecular flexibility index (Phi) is 6.87. The van der Waals surface area contributed by atoms with Gasteiger partial charge in [-0.2, -0.15) is 4.31 Å². The van der Waals surface area contributed by atoms with Gasteiger partial charge in [0.05, 0.1) is 0 Å². The lowest BCUT2D eigenvalue weighted by molar-refractivity contribution is 0.333. The molecule has 1 rings (SSSR count). The van der Waals surface area contributed by atoms with E-state index in [4.69, 9.17) is 11.6 Å². The van der Waals surface area contributed by atoms with Crippen molar-refractivity contribution in [2.75, 3.05) is 33.7 Å². The summed E-state index contributed by atoms with van der Waals surface area (Å²) in [6.07, 6.45) is 2.22. The smallest absolute Gasteiger partial charge is 0.246 e. The summed E-state index contributed by atoms with van der Waals surface area (Å²) < 4.78 is 27.4. The highest BCUT2D eigenvalue weighted by Gasteiger charge is 2.27. The molecule has 0 radical (unpaired) electrons. The molecular weight excluding hydrogens is 366 g/mol. The maximum absolute atomic E-state index is 12.7. The van der Waals surface area contributed by atoms with E-state index in [-0.39, 0.29) is 10.0 Å². The van der Waals surface area contributed by atoms with Crippen LogP contribution < -0.4 is 0 Å². The third-order valence-corrected chi connectivity index (χ3v) is 5.42. The fraction of sp³-hybridized carbons (Fsp3) is 0.583. The van der Waals surface area contributed by atoms with Crippen LogP contribution in [0.2, 0.25) is 5.15 Å². The molecule has 0 unspecified atom stereocenters. The Balaban J connectivity index is 3.12. The van der Waals surface area contributed by atoms with Gasteiger partial charge in [-0.25, -0.2) is 13.4 Å². The predicted molar refractivity (Wildman–Crippen MR) is 84.6 cm³/mol. The number of aromatic nitrogens is 1. The van der Waals surface area contributed by atoms with Crippen molar-refractivity contribution in [3.63, 3.8) is 0 Å². The molecule has 0 atom stereocenters. The molecule has 0 N–H and O–H groups in total. The lowest BCUT2D eigenvalue weighted by atomic mass is 10.4. The van der Waals surface area contributed by atoms with Crippen LogP contribution in [-0.2, 0) is 10.0 Å². The van der Waals surface area contributed by atoms with E-state index in [2.05, 4.69) is 20.9 Å². The minimum atomic E-state index is -3.63. The molecule has 0 aliphatic heterocycles. The molecule has 0 fully saturated rings. The Labute approximate surface area is 134 Å². The SMILES string of the molecule is CCCN(CCN(C)C)S(=O)(=O)c1cc(Br)cnc1Cl. The summed E-state index contributed by atoms with van der Waals surface area (Å²) in [5, 5.41) is -0.000781. The summed E-state index contributed by atoms with van der Waals surface area (Å²) in [6, 6.07) is 1.49. The second-order valence-corrected chi connectivity index (χ2v) is 7.83. The van der Waals surface area contributed by atoms with Gasteiger partial charge in [-0.3, -0.25) is 0 Å². The summed E-state index contributed by atoms with van der Waals surface area (Å²) >= 11 is 9.17. The van der Waals surface area contributed by atoms with E-state index >= 15 is 0 Å². The molecule has 1 heterocycles. The van der Waals surface area contributed by atoms with E-state index in [0.29, 0.717) is 24.1 Å². The first kappa shape index (κ1) is 17.8. The minimum absolute atomic E-state index is 0.000781. The summed E-state index contributed by atoms with van der Waals surface area (Å²) in [7, 11) is 0.184. The number of pyridine rings is 1. The van der Waals surface area contributed by atoms with E-state index in [9.17, 15) is 8.42 Å². The van der Waals surface area contributed by atoms with Crippen LogP contribution in [0.1, 0.15) is 13.3 Å². The Morgan fingerprint density at radius 2 is 1.95 bits per heavy atom. The van der Waals surface area contributed by atoms with Crippen LogP contribution in [0.25, 0.3) is 0 Å². The maximum atomic E-state index is 12.7. The fourth-order valence-electron chi connectivity index (χ4n) is 1.64. The van der Waals surface area contributed by atoms with E-state index < -0.39 is 10.0 Å². The second kappa shape index (κ2) is 7.70. The quantitative estimate of drug-likeness (QED) is 0.678. The van der Waals surface area contributed by atoms with Gasteiger partial charge in [0.25, 0.3) is 0 Å². The zero-order valence-corrected chi connectivity index (χ0v) is 15.0. The molecule has 0 amide bonds. The Morgan fingerprint density at radius 1 is 1.30 bits per heavy atom. The van der Waals surface area contributed by atoms with E-state index in [0.717, 1.165) is 6.42 Å². The lowest BCUT2D eigenvalue weighted by Gasteiger charge is -2.23. The highest BCUT2D eigenvalue weighted by Crippen LogP contribution is 2.25. The molecule has 20 heavy (non-hydrogen) atoms. The maximum Gasteiger partial charge on any atom is 0.246 e. The van der Waals surface area contributed by atoms with Gasteiger partial charge in [-0.1, -0.05) is 18.5 Å². The highest BCUT2D eigenvalue weighted by atomic mass is 79.9. The highest BCUT2D eigenvalue weighted by molar-refractivity contribution is 9.10. The van der Waals surface area contributed by atoms with Crippen LogP contribution in [0.5, 0.6) is 0 Å². The van der Waals surface area contributed by atoms with Gasteiger partial charge in [-0.15, -0.1) is 0 Å². The van der Waals surface area contributed by atoms with Crippen LogP contribution in [0.4, 0.5) is 0 Å². The van der Waals surface area contributed by atoms with Crippen molar-refractivity contribution >= 4 is 37.6 Å². The molecule has 0 bridgehead atoms. The zero-order chi connectivity index (χ0) is 15.3. The number of halogens is 2. The lowest BCUT2D eigenvalue weighted by Crippen LogP contribution is -2.37. The third-order valence-electron chi connectivity index (χ3n) is 2.66. The largest absolute Gasteiger partial charge is 0.308 e. The van der Waals surface area contributed by atoms with Crippen molar-refractivity contribution in [1.29, 1.82) is 0 Å². The number of likely N-dealkylation sites (N-methyl/N-ethyl adjacent to an activating group) is 1. The number of hydrogen-bond acceptors (Lipinski definition) is 4. The number of hydrogen-bond donors (Lipinski definition) is 0. The van der Waals surface area contributed by atoms with Gasteiger partial charge in [0.1, 0.15) is 10.0 Å². The van der Waals surface area contributed by atoms with Gasteiger partial charge in [0.15, 0.2) is 0 Å². The monoisotopic (exact) mass is 383 g/mol. The number of nitrogens with zero attached hydrogens (tertiary/aromatic N) is 3. The molecular formula is C12H19BrClN3O2S. The molecule has 1 aromatic heterocycles. The van der Waals surface area contributed by atoms with Gasteiger partial charge < -0.3 is 4.90 Å². The molecule has 0 aliphatic rings. The molecule has 8 heteroatoms. The molecule has 0 saturated carbocycles. The van der Waals surface area contributed by atoms with E-state index in [1.165, 1.54) is 16.6 Å². The van der Waals surface area contributed by atoms with E-state index in [1.807, 2.05) is 25.9 Å². The molecule has 5 nitrogen and oxygen atoms in total. The first-order valence-corrected chi connectivity index (χ1v) is 8.86. The first-order valence-electron chi connectivity index (χ1n) is 6.25. The third kappa shape index (κ3) is 4.66. The predicted octanol–water partition coefficient (Wildman–Crippen LogP) is 2.46. The van der Waals surface area contributed by atoms with Crippen LogP contribution in [0.3, 0.4) is 0 Å². The molecule has 1 aromatic rings. The number of rotatable bonds is 7. The minimum Gasteiger partial charge on any atom is -0.308 e. The topological polar surface area (TPSA) is 53.5 Å². The summed E-state index contributed by atoms with van der Waals surface area (Å²) in [5.41, 5.74) is 0. The first-order chi connectivity index (χ1) is 9.28. The van der Waals surface area contributed by atoms with Crippen molar-refractivity contribution in [2.45, 2.75) is 18.2 Å². The Morgan fingerprint density at radius 3 is 2.50 bits per heavy atom. The van der Waals surface area contributed by atoms with Gasteiger partial charge in [0.2, 0.25) is 10.0 Å². The molecule has 0 saturated heterocycles.